The van der Waals surface area contributed by atoms with Gasteiger partial charge in [-0.05, 0) is 64.2 Å². The van der Waals surface area contributed by atoms with Crippen molar-refractivity contribution in [2.24, 2.45) is 17.8 Å². The molecular weight excluding hydrogens is 264 g/mol. The summed E-state index contributed by atoms with van der Waals surface area (Å²) in [6, 6.07) is 0.317. The minimum Gasteiger partial charge on any atom is -0.361 e. The predicted molar refractivity (Wildman–Crippen MR) is 80.8 cm³/mol. The first kappa shape index (κ1) is 14.6. The molecule has 1 heterocycles. The highest BCUT2D eigenvalue weighted by molar-refractivity contribution is 5.76. The van der Waals surface area contributed by atoms with Gasteiger partial charge in [0.1, 0.15) is 5.76 Å². The second-order valence-electron chi connectivity index (χ2n) is 7.00. The smallest absolute Gasteiger partial charge is 0.220 e. The lowest BCUT2D eigenvalue weighted by molar-refractivity contribution is -0.122. The van der Waals surface area contributed by atoms with E-state index >= 15 is 0 Å². The van der Waals surface area contributed by atoms with Crippen LogP contribution in [0.25, 0.3) is 0 Å². The zero-order chi connectivity index (χ0) is 15.0. The number of aryl methyl sites for hydroxylation is 2. The number of nitrogens with zero attached hydrogens (tertiary/aromatic N) is 1. The Kier molecular flexibility index (Phi) is 4.05. The van der Waals surface area contributed by atoms with Crippen LogP contribution in [-0.4, -0.2) is 17.1 Å². The molecule has 2 aliphatic rings. The van der Waals surface area contributed by atoms with Gasteiger partial charge in [0, 0.05) is 18.0 Å². The number of rotatable bonds is 5. The summed E-state index contributed by atoms with van der Waals surface area (Å²) in [5.74, 6) is 3.48. The molecule has 2 saturated carbocycles. The Balaban J connectivity index is 1.48. The number of fused-ring (bicyclic) bond motifs is 2. The molecule has 1 amide bonds. The second-order valence-corrected chi connectivity index (χ2v) is 7.00. The van der Waals surface area contributed by atoms with Gasteiger partial charge in [0.15, 0.2) is 0 Å². The van der Waals surface area contributed by atoms with Crippen LogP contribution in [0, 0.1) is 31.6 Å². The largest absolute Gasteiger partial charge is 0.361 e. The minimum absolute atomic E-state index is 0.158. The Labute approximate surface area is 126 Å². The van der Waals surface area contributed by atoms with Crippen LogP contribution in [0.5, 0.6) is 0 Å². The van der Waals surface area contributed by atoms with E-state index in [1.807, 2.05) is 13.8 Å². The first-order valence-electron chi connectivity index (χ1n) is 8.25. The molecule has 4 atom stereocenters. The lowest BCUT2D eigenvalue weighted by atomic mass is 9.84. The highest BCUT2D eigenvalue weighted by atomic mass is 16.5. The molecule has 0 radical (unpaired) electrons. The van der Waals surface area contributed by atoms with Gasteiger partial charge in [0.05, 0.1) is 5.69 Å². The summed E-state index contributed by atoms with van der Waals surface area (Å²) in [6.45, 7) is 6.02. The van der Waals surface area contributed by atoms with Crippen molar-refractivity contribution in [3.63, 3.8) is 0 Å². The quantitative estimate of drug-likeness (QED) is 0.906. The van der Waals surface area contributed by atoms with Crippen molar-refractivity contribution in [3.05, 3.63) is 17.0 Å². The van der Waals surface area contributed by atoms with Crippen molar-refractivity contribution in [2.45, 2.75) is 65.3 Å². The van der Waals surface area contributed by atoms with Crippen molar-refractivity contribution in [3.8, 4) is 0 Å². The molecule has 4 unspecified atom stereocenters. The van der Waals surface area contributed by atoms with Gasteiger partial charge in [-0.1, -0.05) is 11.6 Å². The molecule has 1 aromatic heterocycles. The summed E-state index contributed by atoms with van der Waals surface area (Å²) < 4.78 is 5.14. The normalized spacial score (nSPS) is 28.8. The molecule has 4 nitrogen and oxygen atoms in total. The third-order valence-electron chi connectivity index (χ3n) is 5.61. The molecule has 21 heavy (non-hydrogen) atoms. The third-order valence-corrected chi connectivity index (χ3v) is 5.61. The fourth-order valence-corrected chi connectivity index (χ4v) is 4.44. The number of hydrogen-bond donors (Lipinski definition) is 1. The van der Waals surface area contributed by atoms with Gasteiger partial charge in [-0.15, -0.1) is 0 Å². The van der Waals surface area contributed by atoms with Crippen LogP contribution >= 0.6 is 0 Å². The van der Waals surface area contributed by atoms with E-state index in [1.54, 1.807) is 0 Å². The van der Waals surface area contributed by atoms with E-state index in [1.165, 1.54) is 25.7 Å². The Hall–Kier alpha value is -1.32. The van der Waals surface area contributed by atoms with Crippen LogP contribution in [0.15, 0.2) is 4.52 Å². The highest BCUT2D eigenvalue weighted by Gasteiger charge is 2.42. The van der Waals surface area contributed by atoms with E-state index in [2.05, 4.69) is 17.4 Å². The van der Waals surface area contributed by atoms with Crippen molar-refractivity contribution in [1.29, 1.82) is 0 Å². The van der Waals surface area contributed by atoms with E-state index in [9.17, 15) is 4.79 Å². The molecule has 0 aromatic carbocycles. The fraction of sp³-hybridized carbons (Fsp3) is 0.765. The molecule has 0 spiro atoms. The summed E-state index contributed by atoms with van der Waals surface area (Å²) in [5, 5.41) is 7.16. The van der Waals surface area contributed by atoms with E-state index in [0.29, 0.717) is 18.4 Å². The van der Waals surface area contributed by atoms with Crippen LogP contribution in [0.3, 0.4) is 0 Å². The lowest BCUT2D eigenvalue weighted by Gasteiger charge is -2.28. The van der Waals surface area contributed by atoms with Gasteiger partial charge >= 0.3 is 0 Å². The molecule has 2 aliphatic carbocycles. The van der Waals surface area contributed by atoms with E-state index in [0.717, 1.165) is 35.3 Å². The Morgan fingerprint density at radius 2 is 2.19 bits per heavy atom. The monoisotopic (exact) mass is 290 g/mol. The minimum atomic E-state index is 0.158. The maximum absolute atomic E-state index is 12.2. The molecule has 1 aromatic rings. The summed E-state index contributed by atoms with van der Waals surface area (Å²) in [7, 11) is 0. The number of nitrogens with one attached hydrogen (secondary N) is 1. The highest BCUT2D eigenvalue weighted by Crippen LogP contribution is 2.49. The van der Waals surface area contributed by atoms with Crippen molar-refractivity contribution < 1.29 is 9.32 Å². The van der Waals surface area contributed by atoms with Gasteiger partial charge in [-0.2, -0.15) is 0 Å². The number of hydrogen-bond acceptors (Lipinski definition) is 3. The average molecular weight is 290 g/mol. The zero-order valence-corrected chi connectivity index (χ0v) is 13.3. The van der Waals surface area contributed by atoms with Gasteiger partial charge in [-0.25, -0.2) is 0 Å². The Bertz CT molecular complexity index is 503. The second kappa shape index (κ2) is 5.82. The summed E-state index contributed by atoms with van der Waals surface area (Å²) >= 11 is 0. The third kappa shape index (κ3) is 2.99. The molecule has 4 heteroatoms. The topological polar surface area (TPSA) is 55.1 Å². The molecule has 0 aliphatic heterocycles. The van der Waals surface area contributed by atoms with E-state index in [-0.39, 0.29) is 5.91 Å². The predicted octanol–water partition coefficient (Wildman–Crippen LogP) is 3.16. The molecular formula is C17H26N2O2. The number of carbonyl (C=O) groups excluding carboxylic acids is 1. The number of carbonyl (C=O) groups is 1. The first-order valence-corrected chi connectivity index (χ1v) is 8.25. The van der Waals surface area contributed by atoms with Gasteiger partial charge in [0.2, 0.25) is 5.91 Å². The van der Waals surface area contributed by atoms with E-state index < -0.39 is 0 Å². The van der Waals surface area contributed by atoms with Crippen LogP contribution in [0.1, 0.15) is 56.0 Å². The van der Waals surface area contributed by atoms with Gasteiger partial charge in [-0.3, -0.25) is 4.79 Å². The number of amides is 1. The molecule has 3 rings (SSSR count). The van der Waals surface area contributed by atoms with Crippen LogP contribution in [0.4, 0.5) is 0 Å². The SMILES string of the molecule is Cc1noc(C)c1CCC(=O)NC(C)C1CC2CCC1C2. The zero-order valence-electron chi connectivity index (χ0n) is 13.3. The van der Waals surface area contributed by atoms with E-state index in [4.69, 9.17) is 4.52 Å². The molecule has 2 fully saturated rings. The van der Waals surface area contributed by atoms with Crippen LogP contribution in [0.2, 0.25) is 0 Å². The van der Waals surface area contributed by atoms with Crippen LogP contribution < -0.4 is 5.32 Å². The van der Waals surface area contributed by atoms with Gasteiger partial charge in [0.25, 0.3) is 0 Å². The average Bonchev–Trinajstić information content (AvgIpc) is 3.14. The summed E-state index contributed by atoms with van der Waals surface area (Å²) in [4.78, 5) is 12.2. The standard InChI is InChI=1S/C17H26N2O2/c1-10(16-9-13-4-5-14(16)8-13)18-17(20)7-6-15-11(2)19-21-12(15)3/h10,13-14,16H,4-9H2,1-3H3,(H,18,20). The summed E-state index contributed by atoms with van der Waals surface area (Å²) in [5.41, 5.74) is 1.99. The first-order chi connectivity index (χ1) is 10.0. The van der Waals surface area contributed by atoms with Crippen LogP contribution in [-0.2, 0) is 11.2 Å². The Morgan fingerprint density at radius 3 is 2.76 bits per heavy atom. The lowest BCUT2D eigenvalue weighted by Crippen LogP contribution is -2.40. The van der Waals surface area contributed by atoms with Crippen molar-refractivity contribution in [2.75, 3.05) is 0 Å². The molecule has 1 N–H and O–H groups in total. The molecule has 116 valence electrons. The maximum Gasteiger partial charge on any atom is 0.220 e. The summed E-state index contributed by atoms with van der Waals surface area (Å²) in [6.07, 6.45) is 6.73. The molecule has 0 saturated heterocycles. The van der Waals surface area contributed by atoms with Crippen molar-refractivity contribution in [1.82, 2.24) is 10.5 Å². The Morgan fingerprint density at radius 1 is 1.38 bits per heavy atom. The molecule has 2 bridgehead atoms. The number of aromatic nitrogens is 1. The maximum atomic E-state index is 12.2. The fourth-order valence-electron chi connectivity index (χ4n) is 4.44. The van der Waals surface area contributed by atoms with Crippen molar-refractivity contribution >= 4 is 5.91 Å². The van der Waals surface area contributed by atoms with Gasteiger partial charge < -0.3 is 9.84 Å².